The van der Waals surface area contributed by atoms with Gasteiger partial charge in [-0.3, -0.25) is 9.89 Å². The first-order valence-corrected chi connectivity index (χ1v) is 9.83. The molecule has 0 radical (unpaired) electrons. The number of aliphatic imine (C=N–C) groups is 1. The van der Waals surface area contributed by atoms with Crippen molar-refractivity contribution in [2.24, 2.45) is 10.9 Å². The fourth-order valence-corrected chi connectivity index (χ4v) is 4.28. The topological polar surface area (TPSA) is 35.8 Å². The minimum Gasteiger partial charge on any atom is -0.400 e. The summed E-state index contributed by atoms with van der Waals surface area (Å²) in [5.41, 5.74) is 0.907. The van der Waals surface area contributed by atoms with Gasteiger partial charge in [-0.1, -0.05) is 32.1 Å². The van der Waals surface area contributed by atoms with E-state index < -0.39 is 5.92 Å². The second-order valence-electron chi connectivity index (χ2n) is 6.71. The van der Waals surface area contributed by atoms with Crippen molar-refractivity contribution in [3.63, 3.8) is 0 Å². The molecule has 3 nitrogen and oxygen atoms in total. The summed E-state index contributed by atoms with van der Waals surface area (Å²) < 4.78 is 26.0. The maximum Gasteiger partial charge on any atom is 0.254 e. The molecule has 1 N–H and O–H groups in total. The molecular formula is C18H32F2N2OS. The Labute approximate surface area is 149 Å². The van der Waals surface area contributed by atoms with Gasteiger partial charge >= 0.3 is 0 Å². The molecule has 0 aromatic heterocycles. The van der Waals surface area contributed by atoms with Crippen LogP contribution in [-0.4, -0.2) is 55.1 Å². The molecule has 1 heterocycles. The number of rotatable bonds is 7. The Morgan fingerprint density at radius 3 is 2.54 bits per heavy atom. The van der Waals surface area contributed by atoms with Gasteiger partial charge in [-0.2, -0.15) is 0 Å². The van der Waals surface area contributed by atoms with E-state index in [1.165, 1.54) is 50.3 Å². The van der Waals surface area contributed by atoms with Gasteiger partial charge in [0.1, 0.15) is 0 Å². The average Bonchev–Trinajstić information content (AvgIpc) is 2.60. The van der Waals surface area contributed by atoms with Gasteiger partial charge in [0.15, 0.2) is 0 Å². The van der Waals surface area contributed by atoms with Crippen molar-refractivity contribution < 1.29 is 13.9 Å². The molecule has 1 aliphatic heterocycles. The lowest BCUT2D eigenvalue weighted by Crippen LogP contribution is -2.33. The molecule has 1 aliphatic carbocycles. The zero-order valence-corrected chi connectivity index (χ0v) is 15.9. The van der Waals surface area contributed by atoms with Crippen LogP contribution in [0, 0.1) is 5.92 Å². The maximum absolute atomic E-state index is 13.0. The van der Waals surface area contributed by atoms with Crippen molar-refractivity contribution in [2.45, 2.75) is 57.8 Å². The van der Waals surface area contributed by atoms with Gasteiger partial charge in [0.05, 0.1) is 11.4 Å². The fraction of sp³-hybridized carbons (Fsp3) is 0.833. The average molecular weight is 363 g/mol. The van der Waals surface area contributed by atoms with Gasteiger partial charge in [0, 0.05) is 32.0 Å². The molecule has 0 aromatic carbocycles. The fourth-order valence-electron chi connectivity index (χ4n) is 3.32. The summed E-state index contributed by atoms with van der Waals surface area (Å²) in [6.45, 7) is 7.44. The highest BCUT2D eigenvalue weighted by Crippen LogP contribution is 2.33. The van der Waals surface area contributed by atoms with Crippen molar-refractivity contribution in [1.29, 1.82) is 0 Å². The van der Waals surface area contributed by atoms with Gasteiger partial charge < -0.3 is 5.11 Å². The lowest BCUT2D eigenvalue weighted by molar-refractivity contribution is 0.0493. The number of nitrogens with zero attached hydrogens (tertiary/aromatic N) is 2. The zero-order valence-electron chi connectivity index (χ0n) is 15.1. The largest absolute Gasteiger partial charge is 0.400 e. The quantitative estimate of drug-likeness (QED) is 0.674. The zero-order chi connectivity index (χ0) is 18.0. The van der Waals surface area contributed by atoms with Gasteiger partial charge in [0.2, 0.25) is 0 Å². The second-order valence-corrected chi connectivity index (χ2v) is 7.78. The first-order chi connectivity index (χ1) is 11.5. The molecule has 1 fully saturated rings. The molecule has 0 amide bonds. The predicted octanol–water partition coefficient (Wildman–Crippen LogP) is 4.57. The van der Waals surface area contributed by atoms with Gasteiger partial charge in [-0.05, 0) is 32.0 Å². The Morgan fingerprint density at radius 2 is 1.96 bits per heavy atom. The molecule has 6 heteroatoms. The standard InChI is InChI=1S/C17H28F2N2S.CH4O/c1-17(18,19)13-22-16-9-11-21(12-15(16)20-2)10-8-14-6-4-3-5-7-14;1-2/h14H,2-13H2,1H3;2H,1H3. The van der Waals surface area contributed by atoms with Crippen molar-refractivity contribution in [2.75, 3.05) is 32.5 Å². The molecule has 1 saturated carbocycles. The molecule has 0 unspecified atom stereocenters. The first-order valence-electron chi connectivity index (χ1n) is 8.84. The van der Waals surface area contributed by atoms with Gasteiger partial charge in [0.25, 0.3) is 5.92 Å². The third kappa shape index (κ3) is 8.08. The number of hydrogen-bond acceptors (Lipinski definition) is 4. The predicted molar refractivity (Wildman–Crippen MR) is 100 cm³/mol. The van der Waals surface area contributed by atoms with E-state index in [9.17, 15) is 8.78 Å². The number of aliphatic hydroxyl groups is 1. The van der Waals surface area contributed by atoms with Crippen LogP contribution in [-0.2, 0) is 0 Å². The normalized spacial score (nSPS) is 20.5. The Morgan fingerprint density at radius 1 is 1.29 bits per heavy atom. The Kier molecular flexibility index (Phi) is 10.1. The van der Waals surface area contributed by atoms with Crippen LogP contribution in [0.2, 0.25) is 0 Å². The molecule has 0 spiro atoms. The van der Waals surface area contributed by atoms with E-state index in [0.29, 0.717) is 0 Å². The number of alkyl halides is 2. The van der Waals surface area contributed by atoms with Crippen LogP contribution in [0.4, 0.5) is 8.78 Å². The first kappa shape index (κ1) is 21.6. The number of halogens is 2. The molecule has 0 atom stereocenters. The minimum absolute atomic E-state index is 0.163. The molecule has 140 valence electrons. The molecule has 0 bridgehead atoms. The van der Waals surface area contributed by atoms with E-state index in [1.54, 1.807) is 0 Å². The highest BCUT2D eigenvalue weighted by Gasteiger charge is 2.25. The van der Waals surface area contributed by atoms with Crippen LogP contribution in [0.15, 0.2) is 15.6 Å². The van der Waals surface area contributed by atoms with E-state index in [-0.39, 0.29) is 5.75 Å². The van der Waals surface area contributed by atoms with Crippen LogP contribution < -0.4 is 0 Å². The Bertz CT molecular complexity index is 404. The number of aliphatic hydroxyl groups excluding tert-OH is 1. The van der Waals surface area contributed by atoms with Crippen LogP contribution in [0.1, 0.15) is 51.9 Å². The summed E-state index contributed by atoms with van der Waals surface area (Å²) in [6, 6.07) is 0. The van der Waals surface area contributed by atoms with E-state index in [2.05, 4.69) is 16.6 Å². The molecular weight excluding hydrogens is 330 g/mol. The van der Waals surface area contributed by atoms with Crippen molar-refractivity contribution in [1.82, 2.24) is 4.90 Å². The smallest absolute Gasteiger partial charge is 0.254 e. The molecule has 2 rings (SSSR count). The third-order valence-corrected chi connectivity index (χ3v) is 6.06. The monoisotopic (exact) mass is 362 g/mol. The summed E-state index contributed by atoms with van der Waals surface area (Å²) in [4.78, 5) is 7.51. The SMILES string of the molecule is C=NC1=C(SCC(C)(F)F)CCN(CCC2CCCCC2)C1.CO. The highest BCUT2D eigenvalue weighted by atomic mass is 32.2. The maximum atomic E-state index is 13.0. The summed E-state index contributed by atoms with van der Waals surface area (Å²) in [7, 11) is 1.00. The van der Waals surface area contributed by atoms with Crippen LogP contribution >= 0.6 is 11.8 Å². The lowest BCUT2D eigenvalue weighted by atomic mass is 9.87. The third-order valence-electron chi connectivity index (χ3n) is 4.62. The van der Waals surface area contributed by atoms with E-state index in [4.69, 9.17) is 5.11 Å². The van der Waals surface area contributed by atoms with Gasteiger partial charge in [-0.25, -0.2) is 8.78 Å². The van der Waals surface area contributed by atoms with Crippen LogP contribution in [0.3, 0.4) is 0 Å². The lowest BCUT2D eigenvalue weighted by Gasteiger charge is -2.31. The highest BCUT2D eigenvalue weighted by molar-refractivity contribution is 8.03. The van der Waals surface area contributed by atoms with Gasteiger partial charge in [-0.15, -0.1) is 11.8 Å². The van der Waals surface area contributed by atoms with Crippen molar-refractivity contribution >= 4 is 18.5 Å². The van der Waals surface area contributed by atoms with E-state index in [0.717, 1.165) is 56.6 Å². The van der Waals surface area contributed by atoms with E-state index in [1.807, 2.05) is 0 Å². The van der Waals surface area contributed by atoms with Crippen molar-refractivity contribution in [3.05, 3.63) is 10.6 Å². The number of thioether (sulfide) groups is 1. The van der Waals surface area contributed by atoms with Crippen LogP contribution in [0.5, 0.6) is 0 Å². The Balaban J connectivity index is 0.00000139. The van der Waals surface area contributed by atoms with E-state index >= 15 is 0 Å². The van der Waals surface area contributed by atoms with Crippen LogP contribution in [0.25, 0.3) is 0 Å². The minimum atomic E-state index is -2.62. The number of hydrogen-bond donors (Lipinski definition) is 1. The molecule has 2 aliphatic rings. The second kappa shape index (κ2) is 11.2. The Hall–Kier alpha value is -0.460. The summed E-state index contributed by atoms with van der Waals surface area (Å²) in [6.07, 6.45) is 9.02. The summed E-state index contributed by atoms with van der Waals surface area (Å²) in [5.74, 6) is -1.90. The summed E-state index contributed by atoms with van der Waals surface area (Å²) >= 11 is 1.25. The molecule has 0 aromatic rings. The molecule has 24 heavy (non-hydrogen) atoms. The molecule has 0 saturated heterocycles. The summed E-state index contributed by atoms with van der Waals surface area (Å²) in [5, 5.41) is 7.00. The van der Waals surface area contributed by atoms with Crippen molar-refractivity contribution in [3.8, 4) is 0 Å².